The molecule has 1 spiro atoms. The summed E-state index contributed by atoms with van der Waals surface area (Å²) in [5.74, 6) is 0.939. The molecule has 398 valence electrons. The second kappa shape index (κ2) is 20.2. The van der Waals surface area contributed by atoms with Crippen LogP contribution in [0.3, 0.4) is 0 Å². The zero-order valence-electron chi connectivity index (χ0n) is 44.1. The number of nitrogens with zero attached hydrogens (tertiary/aromatic N) is 9. The first-order valence-corrected chi connectivity index (χ1v) is 28.3. The predicted molar refractivity (Wildman–Crippen MR) is 283 cm³/mol. The number of benzene rings is 1. The Kier molecular flexibility index (Phi) is 13.4. The number of likely N-dealkylation sites (tertiary alicyclic amines) is 3. The second-order valence-corrected chi connectivity index (χ2v) is 23.6. The molecule has 8 aliphatic rings. The summed E-state index contributed by atoms with van der Waals surface area (Å²) in [5, 5.41) is 2.43. The zero-order chi connectivity index (χ0) is 51.6. The number of piperidine rings is 5. The average Bonchev–Trinajstić information content (AvgIpc) is 3.98. The maximum atomic E-state index is 15.4. The number of rotatable bonds is 10. The third-order valence-corrected chi connectivity index (χ3v) is 18.8. The van der Waals surface area contributed by atoms with Crippen LogP contribution in [0, 0.1) is 11.3 Å². The molecule has 1 aliphatic carbocycles. The molecular weight excluding hydrogens is 949 g/mol. The smallest absolute Gasteiger partial charge is 0.241 e. The van der Waals surface area contributed by atoms with Gasteiger partial charge in [0.05, 0.1) is 42.1 Å². The van der Waals surface area contributed by atoms with Gasteiger partial charge < -0.3 is 38.5 Å². The van der Waals surface area contributed by atoms with Gasteiger partial charge in [-0.2, -0.15) is 0 Å². The molecule has 1 atom stereocenters. The molecule has 1 N–H and O–H groups in total. The van der Waals surface area contributed by atoms with Crippen LogP contribution < -0.4 is 19.9 Å². The molecule has 17 nitrogen and oxygen atoms in total. The minimum atomic E-state index is -0.715. The van der Waals surface area contributed by atoms with Gasteiger partial charge in [0.15, 0.2) is 0 Å². The van der Waals surface area contributed by atoms with Gasteiger partial charge in [-0.05, 0) is 127 Å². The molecule has 12 rings (SSSR count). The fraction of sp³-hybridized carbons (Fsp3) is 0.621. The number of anilines is 2. The van der Waals surface area contributed by atoms with Crippen LogP contribution in [0.4, 0.5) is 11.5 Å². The average molecular weight is 1020 g/mol. The van der Waals surface area contributed by atoms with Crippen molar-refractivity contribution in [1.29, 1.82) is 0 Å². The van der Waals surface area contributed by atoms with E-state index in [9.17, 15) is 19.2 Å². The molecule has 7 fully saturated rings. The minimum Gasteiger partial charge on any atom is -0.473 e. The van der Waals surface area contributed by atoms with E-state index >= 15 is 4.79 Å². The van der Waals surface area contributed by atoms with Gasteiger partial charge in [0.25, 0.3) is 0 Å². The Balaban J connectivity index is 0.714. The van der Waals surface area contributed by atoms with E-state index in [1.54, 1.807) is 6.20 Å². The van der Waals surface area contributed by atoms with E-state index < -0.39 is 10.8 Å². The van der Waals surface area contributed by atoms with Gasteiger partial charge in [0.1, 0.15) is 17.4 Å². The third kappa shape index (κ3) is 9.26. The van der Waals surface area contributed by atoms with Crippen LogP contribution in [0.2, 0.25) is 0 Å². The number of pyridine rings is 2. The van der Waals surface area contributed by atoms with Gasteiger partial charge in [0, 0.05) is 105 Å². The van der Waals surface area contributed by atoms with E-state index in [1.165, 1.54) is 19.3 Å². The molecule has 3 aromatic heterocycles. The Hall–Kier alpha value is -5.94. The van der Waals surface area contributed by atoms with Crippen LogP contribution in [0.1, 0.15) is 140 Å². The van der Waals surface area contributed by atoms with Gasteiger partial charge in [0.2, 0.25) is 35.4 Å². The first-order chi connectivity index (χ1) is 36.4. The highest BCUT2D eigenvalue weighted by Crippen LogP contribution is 2.53. The predicted octanol–water partition coefficient (Wildman–Crippen LogP) is 6.92. The van der Waals surface area contributed by atoms with Gasteiger partial charge >= 0.3 is 0 Å². The summed E-state index contributed by atoms with van der Waals surface area (Å²) >= 11 is 0. The fourth-order valence-electron chi connectivity index (χ4n) is 13.9. The van der Waals surface area contributed by atoms with E-state index in [2.05, 4.69) is 74.6 Å². The van der Waals surface area contributed by atoms with Crippen molar-refractivity contribution < 1.29 is 33.4 Å². The van der Waals surface area contributed by atoms with Crippen LogP contribution in [-0.4, -0.2) is 148 Å². The molecule has 1 aromatic carbocycles. The van der Waals surface area contributed by atoms with E-state index in [0.717, 1.165) is 96.5 Å². The maximum Gasteiger partial charge on any atom is 0.241 e. The van der Waals surface area contributed by atoms with Crippen molar-refractivity contribution in [1.82, 2.24) is 39.5 Å². The summed E-state index contributed by atoms with van der Waals surface area (Å²) in [5.41, 5.74) is 4.97. The number of carbonyl (C=O) groups excluding carboxylic acids is 5. The topological polar surface area (TPSA) is 176 Å². The number of hydrogen-bond donors (Lipinski definition) is 1. The molecule has 6 saturated heterocycles. The maximum absolute atomic E-state index is 15.4. The first-order valence-electron chi connectivity index (χ1n) is 28.3. The van der Waals surface area contributed by atoms with Crippen LogP contribution in [0.25, 0.3) is 22.3 Å². The van der Waals surface area contributed by atoms with Crippen molar-refractivity contribution in [2.45, 2.75) is 153 Å². The highest BCUT2D eigenvalue weighted by atomic mass is 16.5. The van der Waals surface area contributed by atoms with Crippen molar-refractivity contribution >= 4 is 52.1 Å². The number of imide groups is 1. The number of nitrogens with one attached hydrogen (secondary N) is 1. The monoisotopic (exact) mass is 1020 g/mol. The molecule has 7 aliphatic heterocycles. The quantitative estimate of drug-likeness (QED) is 0.163. The van der Waals surface area contributed by atoms with Gasteiger partial charge in [-0.25, -0.2) is 15.0 Å². The van der Waals surface area contributed by atoms with Gasteiger partial charge in [-0.3, -0.25) is 29.3 Å². The summed E-state index contributed by atoms with van der Waals surface area (Å²) in [4.78, 5) is 93.7. The van der Waals surface area contributed by atoms with Crippen molar-refractivity contribution in [3.63, 3.8) is 0 Å². The van der Waals surface area contributed by atoms with Crippen molar-refractivity contribution in [3.05, 3.63) is 60.0 Å². The Labute approximate surface area is 440 Å². The van der Waals surface area contributed by atoms with Crippen LogP contribution in [0.5, 0.6) is 5.88 Å². The molecule has 5 amide bonds. The highest BCUT2D eigenvalue weighted by Gasteiger charge is 2.57. The summed E-state index contributed by atoms with van der Waals surface area (Å²) in [6.07, 6.45) is 15.6. The van der Waals surface area contributed by atoms with Crippen LogP contribution in [0.15, 0.2) is 48.9 Å². The Bertz CT molecular complexity index is 2820. The SMILES string of the molecule is CC(C)n1cnc2cc(-c3ccc4c(c3)N(C3CC(N5CCCCC5)C3)C(=O)C43CCN(C(=O)C4(C)CCN(C(=O)C5CCN(c6ccc([C@@H]7CCC(=O)NC7=O)cn6)CC5)CC4)CC3)nc(OC3CCOCC3)c21. The summed E-state index contributed by atoms with van der Waals surface area (Å²) in [6, 6.07) is 13.2. The van der Waals surface area contributed by atoms with E-state index in [0.29, 0.717) is 103 Å². The van der Waals surface area contributed by atoms with Crippen molar-refractivity contribution in [3.8, 4) is 17.1 Å². The van der Waals surface area contributed by atoms with Crippen LogP contribution in [-0.2, 0) is 34.1 Å². The molecule has 0 unspecified atom stereocenters. The number of fused-ring (bicyclic) bond motifs is 3. The Morgan fingerprint density at radius 1 is 0.800 bits per heavy atom. The van der Waals surface area contributed by atoms with E-state index in [1.807, 2.05) is 28.3 Å². The Morgan fingerprint density at radius 2 is 1.53 bits per heavy atom. The lowest BCUT2D eigenvalue weighted by Gasteiger charge is -2.48. The molecule has 0 bridgehead atoms. The van der Waals surface area contributed by atoms with Crippen molar-refractivity contribution in [2.24, 2.45) is 11.3 Å². The largest absolute Gasteiger partial charge is 0.473 e. The molecular formula is C58H74N10O7. The fourth-order valence-corrected chi connectivity index (χ4v) is 13.9. The highest BCUT2D eigenvalue weighted by molar-refractivity contribution is 6.09. The molecule has 10 heterocycles. The summed E-state index contributed by atoms with van der Waals surface area (Å²) in [7, 11) is 0. The number of amides is 5. The molecule has 0 radical (unpaired) electrons. The lowest BCUT2D eigenvalue weighted by Crippen LogP contribution is -2.59. The lowest BCUT2D eigenvalue weighted by atomic mass is 9.72. The normalized spacial score (nSPS) is 25.7. The summed E-state index contributed by atoms with van der Waals surface area (Å²) < 4.78 is 14.5. The standard InChI is InChI=1S/C58H74N10O7/c1-37(2)67-36-60-47-34-46(61-53(51(47)67)75-43-15-29-74-30-16-43)39-7-10-45-48(31-39)68(42-32-41(33-42)63-21-5-4-6-22-63)56(73)58(45)19-27-66(28-20-58)55(72)57(3)17-25-65(26-18-57)54(71)38-13-23-64(24-14-38)49-11-8-40(35-59-49)44-9-12-50(69)62-52(44)70/h7-8,10-11,31,34-38,41-44H,4-6,9,12-30,32-33H2,1-3H3,(H,62,69,70)/t41?,42?,44-/m0/s1. The third-order valence-electron chi connectivity index (χ3n) is 18.8. The van der Waals surface area contributed by atoms with E-state index in [-0.39, 0.29) is 59.6 Å². The number of hydrogen-bond acceptors (Lipinski definition) is 12. The summed E-state index contributed by atoms with van der Waals surface area (Å²) in [6.45, 7) is 13.5. The lowest BCUT2D eigenvalue weighted by molar-refractivity contribution is -0.150. The number of carbonyl (C=O) groups is 5. The van der Waals surface area contributed by atoms with Crippen molar-refractivity contribution in [2.75, 3.05) is 75.4 Å². The number of imidazole rings is 1. The Morgan fingerprint density at radius 3 is 2.23 bits per heavy atom. The van der Waals surface area contributed by atoms with Crippen LogP contribution >= 0.6 is 0 Å². The van der Waals surface area contributed by atoms with Gasteiger partial charge in [-0.15, -0.1) is 0 Å². The molecule has 1 saturated carbocycles. The van der Waals surface area contributed by atoms with Gasteiger partial charge in [-0.1, -0.05) is 31.5 Å². The first kappa shape index (κ1) is 49.9. The molecule has 75 heavy (non-hydrogen) atoms. The number of ether oxygens (including phenoxy) is 2. The zero-order valence-corrected chi connectivity index (χ0v) is 44.1. The molecule has 17 heteroatoms. The molecule has 4 aromatic rings. The minimum absolute atomic E-state index is 0.00422. The van der Waals surface area contributed by atoms with E-state index in [4.69, 9.17) is 19.4 Å². The number of aromatic nitrogens is 4. The second-order valence-electron chi connectivity index (χ2n) is 23.6.